The monoisotopic (exact) mass is 285 g/mol. The third kappa shape index (κ3) is 3.20. The molecule has 1 fully saturated rings. The molecule has 3 rings (SSSR count). The fourth-order valence-corrected chi connectivity index (χ4v) is 2.73. The fourth-order valence-electron chi connectivity index (χ4n) is 2.73. The number of benzene rings is 1. The van der Waals surface area contributed by atoms with E-state index in [9.17, 15) is 9.90 Å². The van der Waals surface area contributed by atoms with E-state index < -0.39 is 6.10 Å². The predicted octanol–water partition coefficient (Wildman–Crippen LogP) is 0.616. The van der Waals surface area contributed by atoms with Gasteiger partial charge >= 0.3 is 0 Å². The minimum absolute atomic E-state index is 0.0419. The average molecular weight is 285 g/mol. The number of hydrogen-bond acceptors (Lipinski definition) is 4. The lowest BCUT2D eigenvalue weighted by atomic mass is 10.1. The zero-order chi connectivity index (χ0) is 14.7. The van der Waals surface area contributed by atoms with Crippen LogP contribution in [0.5, 0.6) is 0 Å². The largest absolute Gasteiger partial charge is 0.392 e. The molecular weight excluding hydrogens is 266 g/mol. The number of rotatable bonds is 4. The SMILES string of the molecule is O=C(NCCc1cccc2cccnc12)C1CC(O)CN1. The van der Waals surface area contributed by atoms with Crippen molar-refractivity contribution in [2.45, 2.75) is 25.0 Å². The Labute approximate surface area is 123 Å². The lowest BCUT2D eigenvalue weighted by Gasteiger charge is -2.11. The molecule has 0 spiro atoms. The molecule has 1 saturated heterocycles. The lowest BCUT2D eigenvalue weighted by Crippen LogP contribution is -2.41. The van der Waals surface area contributed by atoms with Crippen molar-refractivity contribution in [1.29, 1.82) is 0 Å². The topological polar surface area (TPSA) is 74.2 Å². The number of hydrogen-bond donors (Lipinski definition) is 3. The summed E-state index contributed by atoms with van der Waals surface area (Å²) in [5, 5.41) is 16.5. The third-order valence-electron chi connectivity index (χ3n) is 3.83. The number of nitrogens with one attached hydrogen (secondary N) is 2. The van der Waals surface area contributed by atoms with Crippen LogP contribution in [0, 0.1) is 0 Å². The van der Waals surface area contributed by atoms with Gasteiger partial charge in [-0.15, -0.1) is 0 Å². The second-order valence-electron chi connectivity index (χ2n) is 5.38. The molecule has 0 saturated carbocycles. The number of pyridine rings is 1. The Morgan fingerprint density at radius 1 is 1.38 bits per heavy atom. The Hall–Kier alpha value is -1.98. The highest BCUT2D eigenvalue weighted by molar-refractivity contribution is 5.83. The van der Waals surface area contributed by atoms with E-state index in [0.717, 1.165) is 22.9 Å². The van der Waals surface area contributed by atoms with Gasteiger partial charge in [0.25, 0.3) is 0 Å². The number of nitrogens with zero attached hydrogens (tertiary/aromatic N) is 1. The van der Waals surface area contributed by atoms with Gasteiger partial charge < -0.3 is 15.7 Å². The molecule has 1 amide bonds. The number of fused-ring (bicyclic) bond motifs is 1. The Morgan fingerprint density at radius 3 is 3.05 bits per heavy atom. The van der Waals surface area contributed by atoms with Gasteiger partial charge in [-0.05, 0) is 24.5 Å². The number of aliphatic hydroxyl groups is 1. The first-order valence-corrected chi connectivity index (χ1v) is 7.26. The van der Waals surface area contributed by atoms with Crippen LogP contribution in [0.4, 0.5) is 0 Å². The Balaban J connectivity index is 1.58. The molecule has 0 radical (unpaired) electrons. The first-order valence-electron chi connectivity index (χ1n) is 7.26. The quantitative estimate of drug-likeness (QED) is 0.770. The van der Waals surface area contributed by atoms with Crippen LogP contribution in [-0.4, -0.2) is 41.2 Å². The van der Waals surface area contributed by atoms with Gasteiger partial charge in [0.2, 0.25) is 5.91 Å². The van der Waals surface area contributed by atoms with E-state index >= 15 is 0 Å². The molecule has 2 aromatic rings. The highest BCUT2D eigenvalue weighted by atomic mass is 16.3. The highest BCUT2D eigenvalue weighted by Crippen LogP contribution is 2.16. The summed E-state index contributed by atoms with van der Waals surface area (Å²) in [5.41, 5.74) is 2.12. The van der Waals surface area contributed by atoms with Crippen LogP contribution < -0.4 is 10.6 Å². The van der Waals surface area contributed by atoms with Crippen molar-refractivity contribution >= 4 is 16.8 Å². The number of aliphatic hydroxyl groups excluding tert-OH is 1. The van der Waals surface area contributed by atoms with Crippen molar-refractivity contribution in [2.24, 2.45) is 0 Å². The standard InChI is InChI=1S/C16H19N3O2/c20-13-9-14(19-10-13)16(21)18-8-6-12-4-1-3-11-5-2-7-17-15(11)12/h1-5,7,13-14,19-20H,6,8-10H2,(H,18,21). The number of β-amino-alcohol motifs (C(OH)–C–C–N with tert-alkyl or cyclic N) is 1. The maximum Gasteiger partial charge on any atom is 0.237 e. The molecule has 1 aromatic heterocycles. The third-order valence-corrected chi connectivity index (χ3v) is 3.83. The zero-order valence-corrected chi connectivity index (χ0v) is 11.7. The molecule has 3 N–H and O–H groups in total. The summed E-state index contributed by atoms with van der Waals surface area (Å²) in [6, 6.07) is 9.77. The Morgan fingerprint density at radius 2 is 2.24 bits per heavy atom. The molecule has 5 heteroatoms. The van der Waals surface area contributed by atoms with Gasteiger partial charge in [0.05, 0.1) is 17.7 Å². The molecule has 2 atom stereocenters. The number of carbonyl (C=O) groups is 1. The molecule has 0 aliphatic carbocycles. The molecule has 5 nitrogen and oxygen atoms in total. The van der Waals surface area contributed by atoms with Crippen LogP contribution in [0.1, 0.15) is 12.0 Å². The molecule has 0 bridgehead atoms. The number of amides is 1. The lowest BCUT2D eigenvalue weighted by molar-refractivity contribution is -0.122. The maximum absolute atomic E-state index is 11.9. The van der Waals surface area contributed by atoms with E-state index in [1.807, 2.05) is 30.3 Å². The predicted molar refractivity (Wildman–Crippen MR) is 80.9 cm³/mol. The molecule has 1 aromatic carbocycles. The second-order valence-corrected chi connectivity index (χ2v) is 5.38. The van der Waals surface area contributed by atoms with Gasteiger partial charge in [-0.3, -0.25) is 9.78 Å². The van der Waals surface area contributed by atoms with E-state index in [1.165, 1.54) is 0 Å². The van der Waals surface area contributed by atoms with Crippen LogP contribution in [-0.2, 0) is 11.2 Å². The molecule has 1 aliphatic heterocycles. The number of carbonyl (C=O) groups excluding carboxylic acids is 1. The van der Waals surface area contributed by atoms with E-state index in [0.29, 0.717) is 19.5 Å². The molecule has 2 unspecified atom stereocenters. The molecule has 21 heavy (non-hydrogen) atoms. The summed E-state index contributed by atoms with van der Waals surface area (Å²) in [6.45, 7) is 1.06. The summed E-state index contributed by atoms with van der Waals surface area (Å²) in [6.07, 6.45) is 2.61. The van der Waals surface area contributed by atoms with Crippen molar-refractivity contribution in [3.63, 3.8) is 0 Å². The van der Waals surface area contributed by atoms with E-state index in [2.05, 4.69) is 15.6 Å². The normalized spacial score (nSPS) is 21.6. The van der Waals surface area contributed by atoms with Crippen LogP contribution in [0.25, 0.3) is 10.9 Å². The van der Waals surface area contributed by atoms with E-state index in [4.69, 9.17) is 0 Å². The summed E-state index contributed by atoms with van der Waals surface area (Å²) in [5.74, 6) is -0.0419. The van der Waals surface area contributed by atoms with Crippen molar-refractivity contribution in [3.8, 4) is 0 Å². The number of para-hydroxylation sites is 1. The number of aromatic nitrogens is 1. The molecule has 2 heterocycles. The van der Waals surface area contributed by atoms with Gasteiger partial charge in [0, 0.05) is 24.7 Å². The van der Waals surface area contributed by atoms with Gasteiger partial charge in [-0.1, -0.05) is 24.3 Å². The van der Waals surface area contributed by atoms with Crippen LogP contribution >= 0.6 is 0 Å². The van der Waals surface area contributed by atoms with Crippen LogP contribution in [0.2, 0.25) is 0 Å². The first-order chi connectivity index (χ1) is 10.2. The minimum atomic E-state index is -0.414. The van der Waals surface area contributed by atoms with Crippen molar-refractivity contribution in [2.75, 3.05) is 13.1 Å². The molecule has 110 valence electrons. The van der Waals surface area contributed by atoms with Crippen LogP contribution in [0.15, 0.2) is 36.5 Å². The first kappa shape index (κ1) is 14.0. The highest BCUT2D eigenvalue weighted by Gasteiger charge is 2.27. The summed E-state index contributed by atoms with van der Waals surface area (Å²) < 4.78 is 0. The zero-order valence-electron chi connectivity index (χ0n) is 11.7. The average Bonchev–Trinajstić information content (AvgIpc) is 2.94. The summed E-state index contributed by atoms with van der Waals surface area (Å²) in [7, 11) is 0. The molecule has 1 aliphatic rings. The van der Waals surface area contributed by atoms with Crippen molar-refractivity contribution in [1.82, 2.24) is 15.6 Å². The fraction of sp³-hybridized carbons (Fsp3) is 0.375. The smallest absolute Gasteiger partial charge is 0.237 e. The summed E-state index contributed by atoms with van der Waals surface area (Å²) in [4.78, 5) is 16.4. The van der Waals surface area contributed by atoms with Crippen molar-refractivity contribution < 1.29 is 9.90 Å². The Kier molecular flexibility index (Phi) is 4.13. The van der Waals surface area contributed by atoms with Gasteiger partial charge in [-0.25, -0.2) is 0 Å². The van der Waals surface area contributed by atoms with Gasteiger partial charge in [0.15, 0.2) is 0 Å². The van der Waals surface area contributed by atoms with Crippen molar-refractivity contribution in [3.05, 3.63) is 42.1 Å². The second kappa shape index (κ2) is 6.20. The molecular formula is C16H19N3O2. The van der Waals surface area contributed by atoms with Gasteiger partial charge in [0.1, 0.15) is 0 Å². The Bertz CT molecular complexity index is 639. The van der Waals surface area contributed by atoms with Crippen LogP contribution in [0.3, 0.4) is 0 Å². The van der Waals surface area contributed by atoms with E-state index in [-0.39, 0.29) is 11.9 Å². The van der Waals surface area contributed by atoms with E-state index in [1.54, 1.807) is 6.20 Å². The maximum atomic E-state index is 11.9. The summed E-state index contributed by atoms with van der Waals surface area (Å²) >= 11 is 0. The minimum Gasteiger partial charge on any atom is -0.392 e. The van der Waals surface area contributed by atoms with Gasteiger partial charge in [-0.2, -0.15) is 0 Å².